The maximum Gasteiger partial charge on any atom is 0.0987 e. The zero-order valence-electron chi connectivity index (χ0n) is 10.6. The highest BCUT2D eigenvalue weighted by atomic mass is 35.5. The second-order valence-corrected chi connectivity index (χ2v) is 5.80. The molecule has 0 bridgehead atoms. The molecule has 2 N–H and O–H groups in total. The molecular formula is C13H16ClN3S. The summed E-state index contributed by atoms with van der Waals surface area (Å²) in [6.07, 6.45) is 0. The molecule has 2 aromatic rings. The van der Waals surface area contributed by atoms with E-state index in [9.17, 15) is 0 Å². The maximum atomic E-state index is 6.28. The van der Waals surface area contributed by atoms with E-state index < -0.39 is 0 Å². The van der Waals surface area contributed by atoms with Crippen molar-refractivity contribution >= 4 is 23.4 Å². The van der Waals surface area contributed by atoms with Gasteiger partial charge in [0.05, 0.1) is 15.7 Å². The molecule has 0 aliphatic rings. The Labute approximate surface area is 116 Å². The van der Waals surface area contributed by atoms with E-state index in [-0.39, 0.29) is 6.04 Å². The quantitative estimate of drug-likeness (QED) is 0.936. The predicted octanol–water partition coefficient (Wildman–Crippen LogP) is 3.55. The summed E-state index contributed by atoms with van der Waals surface area (Å²) in [6.45, 7) is 3.92. The molecule has 3 nitrogen and oxygen atoms in total. The van der Waals surface area contributed by atoms with Crippen LogP contribution in [-0.4, -0.2) is 9.78 Å². The van der Waals surface area contributed by atoms with E-state index in [2.05, 4.69) is 5.10 Å². The molecule has 1 heterocycles. The van der Waals surface area contributed by atoms with Gasteiger partial charge in [0.2, 0.25) is 0 Å². The fourth-order valence-corrected chi connectivity index (χ4v) is 2.90. The van der Waals surface area contributed by atoms with Crippen LogP contribution in [0.25, 0.3) is 0 Å². The van der Waals surface area contributed by atoms with Gasteiger partial charge in [0, 0.05) is 18.0 Å². The number of hydrogen-bond acceptors (Lipinski definition) is 3. The van der Waals surface area contributed by atoms with Crippen molar-refractivity contribution in [2.45, 2.75) is 29.8 Å². The molecule has 1 atom stereocenters. The molecule has 1 aromatic carbocycles. The van der Waals surface area contributed by atoms with E-state index >= 15 is 0 Å². The normalized spacial score (nSPS) is 12.7. The van der Waals surface area contributed by atoms with Gasteiger partial charge in [0.1, 0.15) is 0 Å². The smallest absolute Gasteiger partial charge is 0.0987 e. The van der Waals surface area contributed by atoms with Gasteiger partial charge in [-0.15, -0.1) is 0 Å². The number of nitrogens with two attached hydrogens (primary N) is 1. The molecule has 0 spiro atoms. The zero-order chi connectivity index (χ0) is 13.3. The lowest BCUT2D eigenvalue weighted by Crippen LogP contribution is -2.04. The number of aromatic nitrogens is 2. The van der Waals surface area contributed by atoms with Crippen LogP contribution < -0.4 is 5.73 Å². The summed E-state index contributed by atoms with van der Waals surface area (Å²) in [4.78, 5) is 1.02. The Morgan fingerprint density at radius 3 is 2.61 bits per heavy atom. The third-order valence-electron chi connectivity index (χ3n) is 2.66. The summed E-state index contributed by atoms with van der Waals surface area (Å²) in [5, 5.41) is 6.12. The Bertz CT molecular complexity index is 563. The van der Waals surface area contributed by atoms with Crippen molar-refractivity contribution < 1.29 is 0 Å². The number of nitrogens with zero attached hydrogens (tertiary/aromatic N) is 2. The molecule has 0 saturated carbocycles. The fraction of sp³-hybridized carbons (Fsp3) is 0.308. The van der Waals surface area contributed by atoms with Crippen molar-refractivity contribution in [2.75, 3.05) is 0 Å². The van der Waals surface area contributed by atoms with Crippen molar-refractivity contribution in [1.29, 1.82) is 0 Å². The molecular weight excluding hydrogens is 266 g/mol. The minimum Gasteiger partial charge on any atom is -0.324 e. The van der Waals surface area contributed by atoms with Crippen LogP contribution >= 0.6 is 23.4 Å². The number of aryl methyl sites for hydroxylation is 2. The molecule has 0 saturated heterocycles. The van der Waals surface area contributed by atoms with Gasteiger partial charge >= 0.3 is 0 Å². The zero-order valence-corrected chi connectivity index (χ0v) is 12.2. The number of benzene rings is 1. The van der Waals surface area contributed by atoms with Crippen LogP contribution in [0.5, 0.6) is 0 Å². The Balaban J connectivity index is 2.27. The van der Waals surface area contributed by atoms with Gasteiger partial charge < -0.3 is 5.73 Å². The molecule has 5 heteroatoms. The first-order valence-corrected chi connectivity index (χ1v) is 6.90. The molecule has 18 heavy (non-hydrogen) atoms. The molecule has 0 unspecified atom stereocenters. The van der Waals surface area contributed by atoms with Crippen molar-refractivity contribution in [2.24, 2.45) is 12.8 Å². The molecule has 2 rings (SSSR count). The van der Waals surface area contributed by atoms with Crippen LogP contribution in [0, 0.1) is 6.92 Å². The molecule has 0 radical (unpaired) electrons. The lowest BCUT2D eigenvalue weighted by Gasteiger charge is -2.09. The summed E-state index contributed by atoms with van der Waals surface area (Å²) in [6, 6.07) is 7.99. The third kappa shape index (κ3) is 2.88. The number of hydrogen-bond donors (Lipinski definition) is 1. The highest BCUT2D eigenvalue weighted by Crippen LogP contribution is 2.34. The summed E-state index contributed by atoms with van der Waals surface area (Å²) in [5.74, 6) is 0. The van der Waals surface area contributed by atoms with Gasteiger partial charge in [-0.25, -0.2) is 0 Å². The van der Waals surface area contributed by atoms with E-state index in [0.29, 0.717) is 0 Å². The van der Waals surface area contributed by atoms with Crippen LogP contribution in [-0.2, 0) is 7.05 Å². The maximum absolute atomic E-state index is 6.28. The minimum atomic E-state index is 0.000461. The van der Waals surface area contributed by atoms with E-state index in [4.69, 9.17) is 17.3 Å². The highest BCUT2D eigenvalue weighted by Gasteiger charge is 2.09. The van der Waals surface area contributed by atoms with E-state index in [0.717, 1.165) is 26.2 Å². The standard InChI is InChI=1S/C13H16ClN3S/c1-8-6-13(17(3)16-8)18-12-5-4-10(9(2)15)7-11(12)14/h4-7,9H,15H2,1-3H3/t9-/m0/s1. The molecule has 0 aliphatic carbocycles. The summed E-state index contributed by atoms with van der Waals surface area (Å²) >= 11 is 7.89. The van der Waals surface area contributed by atoms with Crippen LogP contribution in [0.15, 0.2) is 34.2 Å². The van der Waals surface area contributed by atoms with Gasteiger partial charge in [-0.2, -0.15) is 5.10 Å². The van der Waals surface area contributed by atoms with Gasteiger partial charge in [0.15, 0.2) is 0 Å². The topological polar surface area (TPSA) is 43.8 Å². The highest BCUT2D eigenvalue weighted by molar-refractivity contribution is 7.99. The van der Waals surface area contributed by atoms with Crippen LogP contribution in [0.3, 0.4) is 0 Å². The Hall–Kier alpha value is -0.970. The second-order valence-electron chi connectivity index (χ2n) is 4.33. The third-order valence-corrected chi connectivity index (χ3v) is 4.25. The van der Waals surface area contributed by atoms with E-state index in [1.165, 1.54) is 0 Å². The van der Waals surface area contributed by atoms with Crippen molar-refractivity contribution in [1.82, 2.24) is 9.78 Å². The summed E-state index contributed by atoms with van der Waals surface area (Å²) < 4.78 is 1.86. The molecule has 0 aliphatic heterocycles. The first-order valence-electron chi connectivity index (χ1n) is 5.71. The molecule has 0 fully saturated rings. The Morgan fingerprint density at radius 1 is 1.39 bits per heavy atom. The fourth-order valence-electron chi connectivity index (χ4n) is 1.68. The lowest BCUT2D eigenvalue weighted by molar-refractivity contribution is 0.692. The SMILES string of the molecule is Cc1cc(Sc2ccc([C@H](C)N)cc2Cl)n(C)n1. The lowest BCUT2D eigenvalue weighted by atomic mass is 10.1. The van der Waals surface area contributed by atoms with Crippen molar-refractivity contribution in [3.8, 4) is 0 Å². The van der Waals surface area contributed by atoms with Crippen LogP contribution in [0.1, 0.15) is 24.2 Å². The average Bonchev–Trinajstić information content (AvgIpc) is 2.60. The van der Waals surface area contributed by atoms with Gasteiger partial charge in [0.25, 0.3) is 0 Å². The summed E-state index contributed by atoms with van der Waals surface area (Å²) in [7, 11) is 1.93. The van der Waals surface area contributed by atoms with Gasteiger partial charge in [-0.3, -0.25) is 4.68 Å². The molecule has 0 amide bonds. The summed E-state index contributed by atoms with van der Waals surface area (Å²) in [5.41, 5.74) is 7.88. The van der Waals surface area contributed by atoms with Crippen molar-refractivity contribution in [3.63, 3.8) is 0 Å². The minimum absolute atomic E-state index is 0.000461. The first kappa shape index (κ1) is 13.5. The first-order chi connectivity index (χ1) is 8.47. The number of halogens is 1. The van der Waals surface area contributed by atoms with E-state index in [1.807, 2.05) is 49.8 Å². The number of rotatable bonds is 3. The van der Waals surface area contributed by atoms with Crippen LogP contribution in [0.4, 0.5) is 0 Å². The van der Waals surface area contributed by atoms with Gasteiger partial charge in [-0.05, 0) is 37.6 Å². The largest absolute Gasteiger partial charge is 0.324 e. The Kier molecular flexibility index (Phi) is 4.00. The molecule has 1 aromatic heterocycles. The van der Waals surface area contributed by atoms with Gasteiger partial charge in [-0.1, -0.05) is 29.4 Å². The van der Waals surface area contributed by atoms with E-state index in [1.54, 1.807) is 11.8 Å². The predicted molar refractivity (Wildman–Crippen MR) is 76.1 cm³/mol. The molecule has 96 valence electrons. The average molecular weight is 282 g/mol. The van der Waals surface area contributed by atoms with Crippen LogP contribution in [0.2, 0.25) is 5.02 Å². The monoisotopic (exact) mass is 281 g/mol. The second kappa shape index (κ2) is 5.34. The van der Waals surface area contributed by atoms with Crippen molar-refractivity contribution in [3.05, 3.63) is 40.5 Å². The Morgan fingerprint density at radius 2 is 2.11 bits per heavy atom.